The summed E-state index contributed by atoms with van der Waals surface area (Å²) in [5.41, 5.74) is 0.708. The number of hydrogen-bond donors (Lipinski definition) is 2. The number of thioether (sulfide) groups is 1. The van der Waals surface area contributed by atoms with E-state index in [4.69, 9.17) is 0 Å². The number of carbonyl (C=O) groups excluding carboxylic acids is 1. The summed E-state index contributed by atoms with van der Waals surface area (Å²) in [7, 11) is 0. The molecule has 0 heterocycles. The molecule has 0 aliphatic heterocycles. The molecule has 0 bridgehead atoms. The highest BCUT2D eigenvalue weighted by molar-refractivity contribution is 9.10. The maximum absolute atomic E-state index is 12.2. The first kappa shape index (κ1) is 15.9. The Kier molecular flexibility index (Phi) is 4.88. The molecule has 0 saturated carbocycles. The van der Waals surface area contributed by atoms with E-state index < -0.39 is 0 Å². The topological polar surface area (TPSA) is 49.3 Å². The first-order chi connectivity index (χ1) is 11.1. The van der Waals surface area contributed by atoms with Gasteiger partial charge in [0.15, 0.2) is 0 Å². The summed E-state index contributed by atoms with van der Waals surface area (Å²) in [4.78, 5) is 13.2. The van der Waals surface area contributed by atoms with Gasteiger partial charge in [-0.25, -0.2) is 0 Å². The van der Waals surface area contributed by atoms with Crippen LogP contribution in [0.4, 0.5) is 5.69 Å². The Bertz CT molecular complexity index is 849. The van der Waals surface area contributed by atoms with Crippen LogP contribution >= 0.6 is 27.7 Å². The summed E-state index contributed by atoms with van der Waals surface area (Å²) < 4.78 is 1.02. The molecular formula is C18H14BrNO2S. The van der Waals surface area contributed by atoms with Gasteiger partial charge in [0, 0.05) is 25.8 Å². The predicted molar refractivity (Wildman–Crippen MR) is 99.1 cm³/mol. The second kappa shape index (κ2) is 7.06. The molecule has 0 aromatic heterocycles. The van der Waals surface area contributed by atoms with Gasteiger partial charge >= 0.3 is 0 Å². The number of amides is 1. The van der Waals surface area contributed by atoms with Gasteiger partial charge in [-0.3, -0.25) is 4.79 Å². The van der Waals surface area contributed by atoms with Gasteiger partial charge < -0.3 is 10.4 Å². The smallest absolute Gasteiger partial charge is 0.234 e. The molecule has 5 heteroatoms. The van der Waals surface area contributed by atoms with Crippen molar-refractivity contribution in [1.29, 1.82) is 0 Å². The Labute approximate surface area is 146 Å². The van der Waals surface area contributed by atoms with Gasteiger partial charge in [-0.1, -0.05) is 40.2 Å². The molecule has 0 unspecified atom stereocenters. The summed E-state index contributed by atoms with van der Waals surface area (Å²) >= 11 is 4.87. The molecule has 2 N–H and O–H groups in total. The minimum Gasteiger partial charge on any atom is -0.507 e. The molecule has 3 rings (SSSR count). The lowest BCUT2D eigenvalue weighted by molar-refractivity contribution is -0.113. The van der Waals surface area contributed by atoms with Gasteiger partial charge in [0.25, 0.3) is 0 Å². The number of nitrogens with one attached hydrogen (secondary N) is 1. The van der Waals surface area contributed by atoms with Crippen molar-refractivity contribution < 1.29 is 9.90 Å². The molecule has 0 spiro atoms. The van der Waals surface area contributed by atoms with Crippen molar-refractivity contribution in [3.8, 4) is 5.75 Å². The standard InChI is InChI=1S/C18H14BrNO2S/c19-12-7-9-13(10-8-12)23-11-18(22)20-16-5-1-4-15-14(16)3-2-6-17(15)21/h1-10,21H,11H2,(H,20,22). The third kappa shape index (κ3) is 3.86. The molecule has 0 fully saturated rings. The normalized spacial score (nSPS) is 10.7. The van der Waals surface area contributed by atoms with Crippen LogP contribution in [0.5, 0.6) is 5.75 Å². The number of hydrogen-bond acceptors (Lipinski definition) is 3. The number of fused-ring (bicyclic) bond motifs is 1. The van der Waals surface area contributed by atoms with Crippen molar-refractivity contribution in [2.24, 2.45) is 0 Å². The Hall–Kier alpha value is -1.98. The van der Waals surface area contributed by atoms with Crippen LogP contribution in [0, 0.1) is 0 Å². The number of anilines is 1. The molecule has 3 aromatic carbocycles. The van der Waals surface area contributed by atoms with Crippen molar-refractivity contribution in [2.75, 3.05) is 11.1 Å². The van der Waals surface area contributed by atoms with Crippen LogP contribution in [0.25, 0.3) is 10.8 Å². The number of phenolic OH excluding ortho intramolecular Hbond substituents is 1. The van der Waals surface area contributed by atoms with Crippen LogP contribution in [0.3, 0.4) is 0 Å². The minimum absolute atomic E-state index is 0.0752. The number of aromatic hydroxyl groups is 1. The van der Waals surface area contributed by atoms with Crippen molar-refractivity contribution in [3.63, 3.8) is 0 Å². The van der Waals surface area contributed by atoms with Gasteiger partial charge in [0.1, 0.15) is 5.75 Å². The van der Waals surface area contributed by atoms with Crippen LogP contribution in [0.1, 0.15) is 0 Å². The first-order valence-electron chi connectivity index (χ1n) is 7.02. The second-order valence-corrected chi connectivity index (χ2v) is 6.93. The van der Waals surface area contributed by atoms with E-state index in [2.05, 4.69) is 21.2 Å². The second-order valence-electron chi connectivity index (χ2n) is 4.97. The summed E-state index contributed by atoms with van der Waals surface area (Å²) in [5, 5.41) is 14.4. The zero-order chi connectivity index (χ0) is 16.2. The molecule has 116 valence electrons. The molecule has 23 heavy (non-hydrogen) atoms. The van der Waals surface area contributed by atoms with E-state index >= 15 is 0 Å². The van der Waals surface area contributed by atoms with E-state index in [9.17, 15) is 9.90 Å². The number of phenols is 1. The van der Waals surface area contributed by atoms with E-state index in [0.29, 0.717) is 11.4 Å². The Morgan fingerprint density at radius 1 is 1.00 bits per heavy atom. The van der Waals surface area contributed by atoms with Crippen LogP contribution in [0.15, 0.2) is 70.0 Å². The number of halogens is 1. The fourth-order valence-electron chi connectivity index (χ4n) is 2.27. The van der Waals surface area contributed by atoms with E-state index in [1.807, 2.05) is 48.5 Å². The van der Waals surface area contributed by atoms with E-state index in [-0.39, 0.29) is 11.7 Å². The quantitative estimate of drug-likeness (QED) is 0.616. The van der Waals surface area contributed by atoms with Gasteiger partial charge in [0.05, 0.1) is 5.75 Å². The highest BCUT2D eigenvalue weighted by Crippen LogP contribution is 2.30. The zero-order valence-electron chi connectivity index (χ0n) is 12.1. The molecule has 1 amide bonds. The molecule has 0 radical (unpaired) electrons. The van der Waals surface area contributed by atoms with Gasteiger partial charge in [-0.15, -0.1) is 11.8 Å². The highest BCUT2D eigenvalue weighted by atomic mass is 79.9. The molecule has 0 saturated heterocycles. The number of benzene rings is 3. The van der Waals surface area contributed by atoms with Crippen LogP contribution in [0.2, 0.25) is 0 Å². The summed E-state index contributed by atoms with van der Waals surface area (Å²) in [6.07, 6.45) is 0. The highest BCUT2D eigenvalue weighted by Gasteiger charge is 2.08. The van der Waals surface area contributed by atoms with Crippen molar-refractivity contribution >= 4 is 50.1 Å². The minimum atomic E-state index is -0.0752. The lowest BCUT2D eigenvalue weighted by atomic mass is 10.1. The van der Waals surface area contributed by atoms with E-state index in [1.165, 1.54) is 11.8 Å². The third-order valence-corrected chi connectivity index (χ3v) is 4.90. The predicted octanol–water partition coefficient (Wildman–Crippen LogP) is 5.04. The van der Waals surface area contributed by atoms with Gasteiger partial charge in [-0.2, -0.15) is 0 Å². The summed E-state index contributed by atoms with van der Waals surface area (Å²) in [5.74, 6) is 0.466. The third-order valence-electron chi connectivity index (χ3n) is 3.36. The van der Waals surface area contributed by atoms with E-state index in [1.54, 1.807) is 12.1 Å². The Morgan fingerprint density at radius 3 is 2.48 bits per heavy atom. The summed E-state index contributed by atoms with van der Waals surface area (Å²) in [6, 6.07) is 18.6. The van der Waals surface area contributed by atoms with Gasteiger partial charge in [0.2, 0.25) is 5.91 Å². The van der Waals surface area contributed by atoms with Crippen molar-refractivity contribution in [3.05, 3.63) is 65.1 Å². The summed E-state index contributed by atoms with van der Waals surface area (Å²) in [6.45, 7) is 0. The Morgan fingerprint density at radius 2 is 1.70 bits per heavy atom. The molecular weight excluding hydrogens is 374 g/mol. The monoisotopic (exact) mass is 387 g/mol. The molecule has 3 aromatic rings. The fourth-order valence-corrected chi connectivity index (χ4v) is 3.23. The Balaban J connectivity index is 1.71. The van der Waals surface area contributed by atoms with Crippen molar-refractivity contribution in [1.82, 2.24) is 0 Å². The van der Waals surface area contributed by atoms with Gasteiger partial charge in [-0.05, 0) is 36.4 Å². The maximum atomic E-state index is 12.2. The molecule has 0 aliphatic carbocycles. The average Bonchev–Trinajstić information content (AvgIpc) is 2.55. The number of carbonyl (C=O) groups is 1. The lowest BCUT2D eigenvalue weighted by Gasteiger charge is -2.09. The lowest BCUT2D eigenvalue weighted by Crippen LogP contribution is -2.14. The largest absolute Gasteiger partial charge is 0.507 e. The molecule has 3 nitrogen and oxygen atoms in total. The fraction of sp³-hybridized carbons (Fsp3) is 0.0556. The van der Waals surface area contributed by atoms with Crippen LogP contribution in [-0.2, 0) is 4.79 Å². The molecule has 0 aliphatic rings. The van der Waals surface area contributed by atoms with Crippen LogP contribution < -0.4 is 5.32 Å². The van der Waals surface area contributed by atoms with Crippen LogP contribution in [-0.4, -0.2) is 16.8 Å². The number of rotatable bonds is 4. The SMILES string of the molecule is O=C(CSc1ccc(Br)cc1)Nc1cccc2c(O)cccc12. The average molecular weight is 388 g/mol. The first-order valence-corrected chi connectivity index (χ1v) is 8.80. The van der Waals surface area contributed by atoms with E-state index in [0.717, 1.165) is 20.1 Å². The maximum Gasteiger partial charge on any atom is 0.234 e. The molecule has 0 atom stereocenters. The zero-order valence-corrected chi connectivity index (χ0v) is 14.5. The van der Waals surface area contributed by atoms with Crippen molar-refractivity contribution in [2.45, 2.75) is 4.90 Å².